The lowest BCUT2D eigenvalue weighted by atomic mass is 10.1. The van der Waals surface area contributed by atoms with Gasteiger partial charge in [-0.25, -0.2) is 14.2 Å². The molecule has 2 aromatic heterocycles. The predicted molar refractivity (Wildman–Crippen MR) is 70.9 cm³/mol. The summed E-state index contributed by atoms with van der Waals surface area (Å²) < 4.78 is 14.0. The zero-order valence-corrected chi connectivity index (χ0v) is 10.1. The van der Waals surface area contributed by atoms with Crippen LogP contribution in [0.15, 0.2) is 36.7 Å². The number of aromatic amines is 1. The third-order valence-corrected chi connectivity index (χ3v) is 2.84. The van der Waals surface area contributed by atoms with Gasteiger partial charge in [0.05, 0.1) is 11.7 Å². The summed E-state index contributed by atoms with van der Waals surface area (Å²) >= 11 is 0. The van der Waals surface area contributed by atoms with Crippen LogP contribution in [0.5, 0.6) is 0 Å². The smallest absolute Gasteiger partial charge is 0.410 e. The number of nitrogens with one attached hydrogen (secondary N) is 2. The largest absolute Gasteiger partial charge is 0.465 e. The molecule has 0 aliphatic rings. The summed E-state index contributed by atoms with van der Waals surface area (Å²) in [6, 6.07) is 6.10. The Labute approximate surface area is 112 Å². The van der Waals surface area contributed by atoms with Crippen LogP contribution in [0.25, 0.3) is 22.0 Å². The van der Waals surface area contributed by atoms with Crippen molar-refractivity contribution in [1.82, 2.24) is 15.2 Å². The van der Waals surface area contributed by atoms with E-state index in [1.54, 1.807) is 18.3 Å². The number of H-pyrrole nitrogens is 1. The standard InChI is InChI=1S/C13H9FN4O2/c14-10-4-11-8(6-16-18-11)3-9(10)7-1-2-12(15-5-7)17-13(19)20/h1-6H,(H,15,17)(H,16,18)(H,19,20). The molecule has 0 aliphatic carbocycles. The van der Waals surface area contributed by atoms with E-state index in [1.807, 2.05) is 0 Å². The first-order valence-corrected chi connectivity index (χ1v) is 5.72. The molecule has 0 fully saturated rings. The highest BCUT2D eigenvalue weighted by atomic mass is 19.1. The Morgan fingerprint density at radius 3 is 2.85 bits per heavy atom. The lowest BCUT2D eigenvalue weighted by Crippen LogP contribution is -2.08. The van der Waals surface area contributed by atoms with Gasteiger partial charge in [-0.05, 0) is 18.2 Å². The fraction of sp³-hybridized carbons (Fsp3) is 0. The first kappa shape index (κ1) is 12.1. The minimum atomic E-state index is -1.20. The summed E-state index contributed by atoms with van der Waals surface area (Å²) in [5, 5.41) is 18.0. The number of carboxylic acid groups (broad SMARTS) is 1. The third kappa shape index (κ3) is 2.16. The van der Waals surface area contributed by atoms with Crippen LogP contribution in [-0.4, -0.2) is 26.4 Å². The van der Waals surface area contributed by atoms with E-state index in [0.29, 0.717) is 16.6 Å². The Kier molecular flexibility index (Phi) is 2.79. The van der Waals surface area contributed by atoms with Crippen LogP contribution in [0, 0.1) is 5.82 Å². The van der Waals surface area contributed by atoms with Crippen molar-refractivity contribution in [3.05, 3.63) is 42.5 Å². The van der Waals surface area contributed by atoms with Crippen molar-refractivity contribution in [2.24, 2.45) is 0 Å². The molecule has 0 saturated carbocycles. The average molecular weight is 272 g/mol. The van der Waals surface area contributed by atoms with Gasteiger partial charge >= 0.3 is 6.09 Å². The van der Waals surface area contributed by atoms with Crippen LogP contribution in [0.1, 0.15) is 0 Å². The van der Waals surface area contributed by atoms with Crippen LogP contribution in [0.2, 0.25) is 0 Å². The van der Waals surface area contributed by atoms with Gasteiger partial charge in [-0.2, -0.15) is 5.10 Å². The number of fused-ring (bicyclic) bond motifs is 1. The summed E-state index contributed by atoms with van der Waals surface area (Å²) in [5.74, 6) is -0.214. The molecule has 0 saturated heterocycles. The van der Waals surface area contributed by atoms with E-state index >= 15 is 0 Å². The first-order valence-electron chi connectivity index (χ1n) is 5.72. The van der Waals surface area contributed by atoms with Gasteiger partial charge in [0.25, 0.3) is 0 Å². The topological polar surface area (TPSA) is 90.9 Å². The van der Waals surface area contributed by atoms with Crippen LogP contribution in [0.3, 0.4) is 0 Å². The van der Waals surface area contributed by atoms with Crippen molar-refractivity contribution in [3.63, 3.8) is 0 Å². The van der Waals surface area contributed by atoms with Crippen molar-refractivity contribution in [1.29, 1.82) is 0 Å². The molecule has 2 heterocycles. The zero-order valence-electron chi connectivity index (χ0n) is 10.1. The van der Waals surface area contributed by atoms with Gasteiger partial charge in [-0.15, -0.1) is 0 Å². The van der Waals surface area contributed by atoms with Gasteiger partial charge in [-0.3, -0.25) is 10.4 Å². The number of rotatable bonds is 2. The van der Waals surface area contributed by atoms with Crippen molar-refractivity contribution < 1.29 is 14.3 Å². The summed E-state index contributed by atoms with van der Waals surface area (Å²) in [6.45, 7) is 0. The van der Waals surface area contributed by atoms with Crippen molar-refractivity contribution in [2.75, 3.05) is 5.32 Å². The highest BCUT2D eigenvalue weighted by molar-refractivity contribution is 5.85. The van der Waals surface area contributed by atoms with Gasteiger partial charge < -0.3 is 5.11 Å². The number of nitrogens with zero attached hydrogens (tertiary/aromatic N) is 2. The molecule has 3 N–H and O–H groups in total. The molecule has 6 nitrogen and oxygen atoms in total. The molecular formula is C13H9FN4O2. The molecule has 0 spiro atoms. The molecule has 1 amide bonds. The van der Waals surface area contributed by atoms with E-state index < -0.39 is 11.9 Å². The van der Waals surface area contributed by atoms with Gasteiger partial charge in [0, 0.05) is 28.8 Å². The van der Waals surface area contributed by atoms with E-state index in [1.165, 1.54) is 18.3 Å². The minimum Gasteiger partial charge on any atom is -0.465 e. The van der Waals surface area contributed by atoms with Crippen LogP contribution >= 0.6 is 0 Å². The molecule has 100 valence electrons. The van der Waals surface area contributed by atoms with Gasteiger partial charge in [0.15, 0.2) is 0 Å². The molecule has 7 heteroatoms. The number of halogens is 1. The van der Waals surface area contributed by atoms with Gasteiger partial charge in [0.2, 0.25) is 0 Å². The second-order valence-corrected chi connectivity index (χ2v) is 4.15. The number of anilines is 1. The maximum Gasteiger partial charge on any atom is 0.410 e. The molecule has 0 unspecified atom stereocenters. The highest BCUT2D eigenvalue weighted by Gasteiger charge is 2.09. The van der Waals surface area contributed by atoms with Crippen molar-refractivity contribution >= 4 is 22.8 Å². The maximum absolute atomic E-state index is 14.0. The van der Waals surface area contributed by atoms with E-state index in [0.717, 1.165) is 5.39 Å². The molecule has 0 bridgehead atoms. The summed E-state index contributed by atoms with van der Waals surface area (Å²) in [4.78, 5) is 14.4. The number of benzene rings is 1. The lowest BCUT2D eigenvalue weighted by molar-refractivity contribution is 0.209. The highest BCUT2D eigenvalue weighted by Crippen LogP contribution is 2.26. The normalized spacial score (nSPS) is 10.7. The summed E-state index contributed by atoms with van der Waals surface area (Å²) in [5.41, 5.74) is 1.55. The second kappa shape index (κ2) is 4.61. The van der Waals surface area contributed by atoms with E-state index in [2.05, 4.69) is 20.5 Å². The van der Waals surface area contributed by atoms with Crippen LogP contribution < -0.4 is 5.32 Å². The number of carbonyl (C=O) groups is 1. The molecule has 3 aromatic rings. The first-order chi connectivity index (χ1) is 9.63. The Balaban J connectivity index is 2.01. The number of hydrogen-bond acceptors (Lipinski definition) is 3. The fourth-order valence-electron chi connectivity index (χ4n) is 1.92. The molecular weight excluding hydrogens is 263 g/mol. The van der Waals surface area contributed by atoms with Gasteiger partial charge in [-0.1, -0.05) is 0 Å². The summed E-state index contributed by atoms with van der Waals surface area (Å²) in [6.07, 6.45) is 1.82. The van der Waals surface area contributed by atoms with Crippen molar-refractivity contribution in [2.45, 2.75) is 0 Å². The SMILES string of the molecule is O=C(O)Nc1ccc(-c2cc3cn[nH]c3cc2F)cn1. The minimum absolute atomic E-state index is 0.186. The average Bonchev–Trinajstić information content (AvgIpc) is 2.85. The molecule has 0 aliphatic heterocycles. The molecule has 0 radical (unpaired) electrons. The van der Waals surface area contributed by atoms with E-state index in [-0.39, 0.29) is 5.82 Å². The Hall–Kier alpha value is -2.96. The van der Waals surface area contributed by atoms with E-state index in [9.17, 15) is 9.18 Å². The quantitative estimate of drug-likeness (QED) is 0.669. The number of aromatic nitrogens is 3. The Morgan fingerprint density at radius 2 is 2.15 bits per heavy atom. The fourth-order valence-corrected chi connectivity index (χ4v) is 1.92. The maximum atomic E-state index is 14.0. The Bertz CT molecular complexity index is 783. The Morgan fingerprint density at radius 1 is 1.30 bits per heavy atom. The zero-order chi connectivity index (χ0) is 14.1. The van der Waals surface area contributed by atoms with Gasteiger partial charge in [0.1, 0.15) is 11.6 Å². The summed E-state index contributed by atoms with van der Waals surface area (Å²) in [7, 11) is 0. The molecule has 0 atom stereocenters. The molecule has 3 rings (SSSR count). The molecule has 20 heavy (non-hydrogen) atoms. The van der Waals surface area contributed by atoms with Crippen LogP contribution in [0.4, 0.5) is 15.0 Å². The number of amides is 1. The second-order valence-electron chi connectivity index (χ2n) is 4.15. The number of hydrogen-bond donors (Lipinski definition) is 3. The monoisotopic (exact) mass is 272 g/mol. The predicted octanol–water partition coefficient (Wildman–Crippen LogP) is 2.85. The number of pyridine rings is 1. The van der Waals surface area contributed by atoms with E-state index in [4.69, 9.17) is 5.11 Å². The van der Waals surface area contributed by atoms with Crippen LogP contribution in [-0.2, 0) is 0 Å². The lowest BCUT2D eigenvalue weighted by Gasteiger charge is -2.05. The molecule has 1 aromatic carbocycles. The van der Waals surface area contributed by atoms with Crippen molar-refractivity contribution in [3.8, 4) is 11.1 Å². The third-order valence-electron chi connectivity index (χ3n) is 2.84.